The van der Waals surface area contributed by atoms with Gasteiger partial charge in [0, 0.05) is 28.8 Å². The zero-order chi connectivity index (χ0) is 17.6. The topological polar surface area (TPSA) is 41.6 Å². The van der Waals surface area contributed by atoms with Gasteiger partial charge in [0.15, 0.2) is 0 Å². The maximum Gasteiger partial charge on any atom is 0.251 e. The predicted molar refractivity (Wildman–Crippen MR) is 103 cm³/mol. The van der Waals surface area contributed by atoms with Gasteiger partial charge in [-0.15, -0.1) is 0 Å². The molecule has 1 heterocycles. The second kappa shape index (κ2) is 8.73. The molecule has 25 heavy (non-hydrogen) atoms. The standard InChI is InChI=1S/C19H20FIN2O2/c20-16-5-1-14(2-6-16)18(23-9-11-25-12-10-23)13-22-19(24)15-3-7-17(21)8-4-15/h1-8,18H,9-13H2,(H,22,24)/t18-/m0/s1. The third kappa shape index (κ3) is 4.99. The van der Waals surface area contributed by atoms with Crippen LogP contribution in [0, 0.1) is 9.39 Å². The van der Waals surface area contributed by atoms with Crippen molar-refractivity contribution < 1.29 is 13.9 Å². The van der Waals surface area contributed by atoms with Gasteiger partial charge < -0.3 is 10.1 Å². The number of ether oxygens (including phenoxy) is 1. The van der Waals surface area contributed by atoms with Crippen LogP contribution in [0.4, 0.5) is 4.39 Å². The molecule has 1 aliphatic rings. The van der Waals surface area contributed by atoms with Gasteiger partial charge >= 0.3 is 0 Å². The number of morpholine rings is 1. The molecule has 1 N–H and O–H groups in total. The maximum absolute atomic E-state index is 13.3. The Bertz CT molecular complexity index is 700. The molecule has 0 bridgehead atoms. The number of carbonyl (C=O) groups is 1. The Morgan fingerprint density at radius 1 is 1.12 bits per heavy atom. The minimum atomic E-state index is -0.257. The van der Waals surface area contributed by atoms with E-state index in [1.54, 1.807) is 12.1 Å². The van der Waals surface area contributed by atoms with Crippen LogP contribution in [0.5, 0.6) is 0 Å². The lowest BCUT2D eigenvalue weighted by molar-refractivity contribution is 0.0162. The van der Waals surface area contributed by atoms with Gasteiger partial charge in [-0.2, -0.15) is 0 Å². The van der Waals surface area contributed by atoms with Gasteiger partial charge in [0.05, 0.1) is 19.3 Å². The molecule has 6 heteroatoms. The highest BCUT2D eigenvalue weighted by Gasteiger charge is 2.23. The minimum absolute atomic E-state index is 0.00250. The monoisotopic (exact) mass is 454 g/mol. The van der Waals surface area contributed by atoms with Gasteiger partial charge in [-0.3, -0.25) is 9.69 Å². The zero-order valence-electron chi connectivity index (χ0n) is 13.8. The fourth-order valence-corrected chi connectivity index (χ4v) is 3.28. The number of carbonyl (C=O) groups excluding carboxylic acids is 1. The largest absolute Gasteiger partial charge is 0.379 e. The van der Waals surface area contributed by atoms with Gasteiger partial charge in [-0.05, 0) is 64.6 Å². The summed E-state index contributed by atoms with van der Waals surface area (Å²) in [4.78, 5) is 14.7. The zero-order valence-corrected chi connectivity index (χ0v) is 15.9. The first-order valence-electron chi connectivity index (χ1n) is 8.24. The first-order chi connectivity index (χ1) is 12.1. The molecule has 0 spiro atoms. The third-order valence-electron chi connectivity index (χ3n) is 4.30. The van der Waals surface area contributed by atoms with Crippen molar-refractivity contribution in [1.29, 1.82) is 0 Å². The summed E-state index contributed by atoms with van der Waals surface area (Å²) in [6, 6.07) is 13.9. The predicted octanol–water partition coefficient (Wildman–Crippen LogP) is 3.23. The molecule has 4 nitrogen and oxygen atoms in total. The van der Waals surface area contributed by atoms with Crippen molar-refractivity contribution in [3.8, 4) is 0 Å². The maximum atomic E-state index is 13.3. The van der Waals surface area contributed by atoms with Crippen LogP contribution in [0.2, 0.25) is 0 Å². The lowest BCUT2D eigenvalue weighted by Crippen LogP contribution is -2.43. The molecule has 1 atom stereocenters. The molecule has 1 amide bonds. The van der Waals surface area contributed by atoms with Gasteiger partial charge in [0.1, 0.15) is 5.82 Å². The van der Waals surface area contributed by atoms with E-state index in [0.29, 0.717) is 25.3 Å². The third-order valence-corrected chi connectivity index (χ3v) is 5.02. The molecule has 132 valence electrons. The van der Waals surface area contributed by atoms with Crippen LogP contribution in [0.3, 0.4) is 0 Å². The second-order valence-corrected chi connectivity index (χ2v) is 7.18. The van der Waals surface area contributed by atoms with Crippen molar-refractivity contribution >= 4 is 28.5 Å². The van der Waals surface area contributed by atoms with Crippen LogP contribution < -0.4 is 5.32 Å². The van der Waals surface area contributed by atoms with Crippen LogP contribution in [-0.2, 0) is 4.74 Å². The Morgan fingerprint density at radius 2 is 1.76 bits per heavy atom. The summed E-state index contributed by atoms with van der Waals surface area (Å²) < 4.78 is 19.8. The van der Waals surface area contributed by atoms with Crippen molar-refractivity contribution in [1.82, 2.24) is 10.2 Å². The number of amides is 1. The van der Waals surface area contributed by atoms with E-state index in [4.69, 9.17) is 4.74 Å². The fourth-order valence-electron chi connectivity index (χ4n) is 2.92. The lowest BCUT2D eigenvalue weighted by Gasteiger charge is -2.35. The van der Waals surface area contributed by atoms with E-state index < -0.39 is 0 Å². The van der Waals surface area contributed by atoms with E-state index in [2.05, 4.69) is 32.8 Å². The molecule has 1 fully saturated rings. The molecule has 0 aromatic heterocycles. The number of hydrogen-bond acceptors (Lipinski definition) is 3. The molecule has 0 aliphatic carbocycles. The van der Waals surface area contributed by atoms with E-state index in [1.807, 2.05) is 24.3 Å². The average Bonchev–Trinajstić information content (AvgIpc) is 2.64. The highest BCUT2D eigenvalue weighted by molar-refractivity contribution is 14.1. The van der Waals surface area contributed by atoms with E-state index in [0.717, 1.165) is 22.2 Å². The smallest absolute Gasteiger partial charge is 0.251 e. The molecule has 0 saturated carbocycles. The first kappa shape index (κ1) is 18.3. The van der Waals surface area contributed by atoms with Crippen LogP contribution in [0.15, 0.2) is 48.5 Å². The Hall–Kier alpha value is -1.51. The van der Waals surface area contributed by atoms with Gasteiger partial charge in [-0.25, -0.2) is 4.39 Å². The van der Waals surface area contributed by atoms with Crippen LogP contribution in [0.1, 0.15) is 22.0 Å². The number of rotatable bonds is 5. The second-order valence-electron chi connectivity index (χ2n) is 5.93. The number of benzene rings is 2. The number of halogens is 2. The molecule has 2 aromatic rings. The quantitative estimate of drug-likeness (QED) is 0.706. The Morgan fingerprint density at radius 3 is 2.40 bits per heavy atom. The van der Waals surface area contributed by atoms with Gasteiger partial charge in [0.25, 0.3) is 5.91 Å². The molecule has 3 rings (SSSR count). The van der Waals surface area contributed by atoms with Crippen LogP contribution in [0.25, 0.3) is 0 Å². The highest BCUT2D eigenvalue weighted by atomic mass is 127. The van der Waals surface area contributed by atoms with E-state index in [-0.39, 0.29) is 17.8 Å². The van der Waals surface area contributed by atoms with Crippen LogP contribution >= 0.6 is 22.6 Å². The van der Waals surface area contributed by atoms with Gasteiger partial charge in [-0.1, -0.05) is 12.1 Å². The highest BCUT2D eigenvalue weighted by Crippen LogP contribution is 2.22. The average molecular weight is 454 g/mol. The number of hydrogen-bond donors (Lipinski definition) is 1. The lowest BCUT2D eigenvalue weighted by atomic mass is 10.0. The summed E-state index contributed by atoms with van der Waals surface area (Å²) in [5.74, 6) is -0.357. The van der Waals surface area contributed by atoms with Crippen molar-refractivity contribution in [2.45, 2.75) is 6.04 Å². The van der Waals surface area contributed by atoms with Crippen molar-refractivity contribution in [3.05, 3.63) is 69.0 Å². The van der Waals surface area contributed by atoms with E-state index >= 15 is 0 Å². The molecular formula is C19H20FIN2O2. The summed E-state index contributed by atoms with van der Waals surface area (Å²) in [7, 11) is 0. The van der Waals surface area contributed by atoms with E-state index in [9.17, 15) is 9.18 Å². The molecule has 0 unspecified atom stereocenters. The Balaban J connectivity index is 1.71. The molecular weight excluding hydrogens is 434 g/mol. The SMILES string of the molecule is O=C(NC[C@@H](c1ccc(F)cc1)N1CCOCC1)c1ccc(I)cc1. The van der Waals surface area contributed by atoms with E-state index in [1.165, 1.54) is 12.1 Å². The molecule has 2 aromatic carbocycles. The van der Waals surface area contributed by atoms with Crippen molar-refractivity contribution in [3.63, 3.8) is 0 Å². The summed E-state index contributed by atoms with van der Waals surface area (Å²) in [5, 5.41) is 3.01. The summed E-state index contributed by atoms with van der Waals surface area (Å²) in [6.07, 6.45) is 0. The first-order valence-corrected chi connectivity index (χ1v) is 9.32. The van der Waals surface area contributed by atoms with Gasteiger partial charge in [0.2, 0.25) is 0 Å². The molecule has 0 radical (unpaired) electrons. The fraction of sp³-hybridized carbons (Fsp3) is 0.316. The van der Waals surface area contributed by atoms with Crippen molar-refractivity contribution in [2.24, 2.45) is 0 Å². The Kier molecular flexibility index (Phi) is 6.39. The normalized spacial score (nSPS) is 16.4. The number of nitrogens with one attached hydrogen (secondary N) is 1. The summed E-state index contributed by atoms with van der Waals surface area (Å²) in [5.41, 5.74) is 1.63. The summed E-state index contributed by atoms with van der Waals surface area (Å²) >= 11 is 2.21. The molecule has 1 aliphatic heterocycles. The van der Waals surface area contributed by atoms with Crippen molar-refractivity contribution in [2.75, 3.05) is 32.8 Å². The Labute approximate surface area is 160 Å². The molecule has 1 saturated heterocycles. The summed E-state index contributed by atoms with van der Waals surface area (Å²) in [6.45, 7) is 3.39. The minimum Gasteiger partial charge on any atom is -0.379 e. The number of nitrogens with zero attached hydrogens (tertiary/aromatic N) is 1. The van der Waals surface area contributed by atoms with Crippen LogP contribution in [-0.4, -0.2) is 43.7 Å².